The predicted molar refractivity (Wildman–Crippen MR) is 102 cm³/mol. The van der Waals surface area contributed by atoms with E-state index in [4.69, 9.17) is 4.74 Å². The largest absolute Gasteiger partial charge is 0.508 e. The molecular weight excluding hydrogens is 328 g/mol. The number of fused-ring (bicyclic) bond motifs is 1. The predicted octanol–water partition coefficient (Wildman–Crippen LogP) is 2.05. The Bertz CT molecular complexity index is 772. The van der Waals surface area contributed by atoms with E-state index >= 15 is 0 Å². The highest BCUT2D eigenvalue weighted by atomic mass is 16.5. The highest BCUT2D eigenvalue weighted by Gasteiger charge is 2.33. The summed E-state index contributed by atoms with van der Waals surface area (Å²) < 4.78 is 5.49. The van der Waals surface area contributed by atoms with Gasteiger partial charge in [0.05, 0.1) is 18.9 Å². The summed E-state index contributed by atoms with van der Waals surface area (Å²) in [6.07, 6.45) is 1.06. The van der Waals surface area contributed by atoms with Gasteiger partial charge >= 0.3 is 0 Å². The molecule has 0 spiro atoms. The molecule has 1 aliphatic carbocycles. The van der Waals surface area contributed by atoms with E-state index in [-0.39, 0.29) is 17.9 Å². The molecule has 4 rings (SSSR count). The Morgan fingerprint density at radius 1 is 0.962 bits per heavy atom. The summed E-state index contributed by atoms with van der Waals surface area (Å²) in [5.74, 6) is 1.19. The number of ether oxygens (including phenoxy) is 1. The summed E-state index contributed by atoms with van der Waals surface area (Å²) in [5, 5.41) is 20.3. The summed E-state index contributed by atoms with van der Waals surface area (Å²) in [4.78, 5) is 4.77. The number of aliphatic hydroxyl groups excluding tert-OH is 1. The van der Waals surface area contributed by atoms with Crippen LogP contribution in [0.5, 0.6) is 11.5 Å². The van der Waals surface area contributed by atoms with Gasteiger partial charge in [-0.2, -0.15) is 0 Å². The van der Waals surface area contributed by atoms with Crippen LogP contribution in [0.3, 0.4) is 0 Å². The molecule has 1 fully saturated rings. The normalized spacial score (nSPS) is 23.5. The Balaban J connectivity index is 1.44. The first-order chi connectivity index (χ1) is 12.7. The second-order valence-corrected chi connectivity index (χ2v) is 7.19. The molecule has 2 atom stereocenters. The van der Waals surface area contributed by atoms with Gasteiger partial charge in [-0.15, -0.1) is 0 Å². The minimum atomic E-state index is -0.387. The molecule has 2 N–H and O–H groups in total. The third kappa shape index (κ3) is 3.24. The summed E-state index contributed by atoms with van der Waals surface area (Å²) in [5.41, 5.74) is 3.45. The van der Waals surface area contributed by atoms with Gasteiger partial charge in [-0.3, -0.25) is 4.90 Å². The number of benzene rings is 2. The summed E-state index contributed by atoms with van der Waals surface area (Å²) in [7, 11) is 1.71. The zero-order chi connectivity index (χ0) is 18.1. The average molecular weight is 354 g/mol. The molecule has 0 radical (unpaired) electrons. The number of para-hydroxylation sites is 2. The van der Waals surface area contributed by atoms with Crippen molar-refractivity contribution in [2.75, 3.05) is 38.2 Å². The number of hydrogen-bond acceptors (Lipinski definition) is 5. The van der Waals surface area contributed by atoms with Crippen LogP contribution < -0.4 is 9.64 Å². The number of hydrogen-bond donors (Lipinski definition) is 2. The molecular formula is C21H26N2O3. The maximum Gasteiger partial charge on any atom is 0.142 e. The van der Waals surface area contributed by atoms with Gasteiger partial charge in [0, 0.05) is 38.6 Å². The molecule has 26 heavy (non-hydrogen) atoms. The zero-order valence-corrected chi connectivity index (χ0v) is 15.1. The number of aliphatic hydroxyl groups is 1. The number of nitrogens with zero attached hydrogens (tertiary/aromatic N) is 2. The van der Waals surface area contributed by atoms with Crippen LogP contribution in [-0.4, -0.2) is 60.5 Å². The van der Waals surface area contributed by atoms with Crippen molar-refractivity contribution in [3.8, 4) is 11.5 Å². The topological polar surface area (TPSA) is 56.2 Å². The fourth-order valence-electron chi connectivity index (χ4n) is 4.28. The maximum absolute atomic E-state index is 10.7. The van der Waals surface area contributed by atoms with Gasteiger partial charge in [0.2, 0.25) is 0 Å². The minimum Gasteiger partial charge on any atom is -0.508 e. The van der Waals surface area contributed by atoms with Crippen LogP contribution in [0.2, 0.25) is 0 Å². The zero-order valence-electron chi connectivity index (χ0n) is 15.1. The molecule has 2 aromatic rings. The van der Waals surface area contributed by atoms with Gasteiger partial charge < -0.3 is 19.8 Å². The standard InChI is InChI=1S/C21H26N2O3/c1-26-21-5-3-2-4-18(21)22-8-10-23(11-9-22)19-13-15-6-7-17(24)12-16(15)14-20(19)25/h2-7,12,19-20,24-25H,8-11,13-14H2,1H3. The molecule has 2 unspecified atom stereocenters. The molecule has 1 aliphatic heterocycles. The molecule has 0 amide bonds. The second kappa shape index (κ2) is 7.17. The lowest BCUT2D eigenvalue weighted by atomic mass is 9.85. The van der Waals surface area contributed by atoms with Crippen molar-refractivity contribution in [2.45, 2.75) is 25.0 Å². The molecule has 5 nitrogen and oxygen atoms in total. The molecule has 138 valence electrons. The van der Waals surface area contributed by atoms with Crippen molar-refractivity contribution in [3.63, 3.8) is 0 Å². The SMILES string of the molecule is COc1ccccc1N1CCN(C2Cc3ccc(O)cc3CC2O)CC1. The van der Waals surface area contributed by atoms with Crippen molar-refractivity contribution in [1.82, 2.24) is 4.90 Å². The number of phenolic OH excluding ortho intramolecular Hbond substituents is 1. The van der Waals surface area contributed by atoms with Gasteiger partial charge in [0.1, 0.15) is 11.5 Å². The number of phenols is 1. The molecule has 2 aliphatic rings. The number of rotatable bonds is 3. The van der Waals surface area contributed by atoms with Crippen LogP contribution >= 0.6 is 0 Å². The van der Waals surface area contributed by atoms with Gasteiger partial charge in [0.25, 0.3) is 0 Å². The van der Waals surface area contributed by atoms with E-state index in [0.29, 0.717) is 6.42 Å². The summed E-state index contributed by atoms with van der Waals surface area (Å²) >= 11 is 0. The van der Waals surface area contributed by atoms with E-state index in [0.717, 1.165) is 49.6 Å². The van der Waals surface area contributed by atoms with E-state index in [1.807, 2.05) is 24.3 Å². The number of piperazine rings is 1. The van der Waals surface area contributed by atoms with E-state index in [1.165, 1.54) is 5.56 Å². The van der Waals surface area contributed by atoms with E-state index in [1.54, 1.807) is 19.2 Å². The first-order valence-corrected chi connectivity index (χ1v) is 9.26. The Morgan fingerprint density at radius 3 is 2.50 bits per heavy atom. The Hall–Kier alpha value is -2.24. The lowest BCUT2D eigenvalue weighted by Gasteiger charge is -2.43. The van der Waals surface area contributed by atoms with E-state index in [9.17, 15) is 10.2 Å². The first-order valence-electron chi connectivity index (χ1n) is 9.26. The third-order valence-corrected chi connectivity index (χ3v) is 5.70. The number of methoxy groups -OCH3 is 1. The van der Waals surface area contributed by atoms with Gasteiger partial charge in [-0.25, -0.2) is 0 Å². The monoisotopic (exact) mass is 354 g/mol. The van der Waals surface area contributed by atoms with Crippen molar-refractivity contribution in [1.29, 1.82) is 0 Å². The molecule has 1 heterocycles. The van der Waals surface area contributed by atoms with E-state index < -0.39 is 0 Å². The lowest BCUT2D eigenvalue weighted by molar-refractivity contribution is 0.0394. The van der Waals surface area contributed by atoms with Crippen LogP contribution in [0.15, 0.2) is 42.5 Å². The quantitative estimate of drug-likeness (QED) is 0.884. The Kier molecular flexibility index (Phi) is 4.74. The number of aromatic hydroxyl groups is 1. The fraction of sp³-hybridized carbons (Fsp3) is 0.429. The molecule has 2 aromatic carbocycles. The lowest BCUT2D eigenvalue weighted by Crippen LogP contribution is -2.56. The highest BCUT2D eigenvalue weighted by Crippen LogP contribution is 2.31. The van der Waals surface area contributed by atoms with E-state index in [2.05, 4.69) is 15.9 Å². The van der Waals surface area contributed by atoms with Crippen LogP contribution in [0.25, 0.3) is 0 Å². The summed E-state index contributed by atoms with van der Waals surface area (Å²) in [6, 6.07) is 13.8. The Labute approximate surface area is 154 Å². The second-order valence-electron chi connectivity index (χ2n) is 7.19. The van der Waals surface area contributed by atoms with Crippen molar-refractivity contribution in [3.05, 3.63) is 53.6 Å². The van der Waals surface area contributed by atoms with Gasteiger partial charge in [-0.05, 0) is 41.8 Å². The van der Waals surface area contributed by atoms with Crippen LogP contribution in [0.1, 0.15) is 11.1 Å². The van der Waals surface area contributed by atoms with Gasteiger partial charge in [-0.1, -0.05) is 18.2 Å². The van der Waals surface area contributed by atoms with Crippen molar-refractivity contribution < 1.29 is 14.9 Å². The van der Waals surface area contributed by atoms with Gasteiger partial charge in [0.15, 0.2) is 0 Å². The molecule has 5 heteroatoms. The van der Waals surface area contributed by atoms with Crippen molar-refractivity contribution in [2.24, 2.45) is 0 Å². The average Bonchev–Trinajstić information content (AvgIpc) is 2.67. The van der Waals surface area contributed by atoms with Crippen LogP contribution in [0, 0.1) is 0 Å². The molecule has 0 saturated carbocycles. The maximum atomic E-state index is 10.7. The van der Waals surface area contributed by atoms with Crippen LogP contribution in [-0.2, 0) is 12.8 Å². The first kappa shape index (κ1) is 17.2. The molecule has 0 aromatic heterocycles. The highest BCUT2D eigenvalue weighted by molar-refractivity contribution is 5.58. The summed E-state index contributed by atoms with van der Waals surface area (Å²) in [6.45, 7) is 3.69. The van der Waals surface area contributed by atoms with Crippen LogP contribution in [0.4, 0.5) is 5.69 Å². The smallest absolute Gasteiger partial charge is 0.142 e. The minimum absolute atomic E-state index is 0.145. The molecule has 0 bridgehead atoms. The fourth-order valence-corrected chi connectivity index (χ4v) is 4.28. The third-order valence-electron chi connectivity index (χ3n) is 5.70. The Morgan fingerprint density at radius 2 is 1.73 bits per heavy atom. The van der Waals surface area contributed by atoms with Crippen molar-refractivity contribution >= 4 is 5.69 Å². The molecule has 1 saturated heterocycles. The number of anilines is 1.